The Morgan fingerprint density at radius 2 is 1.66 bits per heavy atom. The molecule has 1 heterocycles. The molecule has 1 atom stereocenters. The number of hydrogen-bond acceptors (Lipinski definition) is 5. The molecule has 0 aliphatic carbocycles. The van der Waals surface area contributed by atoms with Crippen LogP contribution in [-0.2, 0) is 16.0 Å². The third-order valence-electron chi connectivity index (χ3n) is 5.20. The molecule has 0 aliphatic rings. The molecular weight excluding hydrogens is 459 g/mol. The number of ether oxygens (including phenoxy) is 2. The summed E-state index contributed by atoms with van der Waals surface area (Å²) < 4.78 is 47.9. The molecule has 1 unspecified atom stereocenters. The topological polar surface area (TPSA) is 66.2 Å². The van der Waals surface area contributed by atoms with Crippen molar-refractivity contribution in [2.75, 3.05) is 0 Å². The summed E-state index contributed by atoms with van der Waals surface area (Å²) >= 11 is 0. The van der Waals surface area contributed by atoms with Gasteiger partial charge in [-0.2, -0.15) is 0 Å². The average Bonchev–Trinajstić information content (AvgIpc) is 3.33. The fourth-order valence-electron chi connectivity index (χ4n) is 3.51. The van der Waals surface area contributed by atoms with Gasteiger partial charge >= 0.3 is 12.3 Å². The van der Waals surface area contributed by atoms with Crippen molar-refractivity contribution in [2.45, 2.75) is 32.2 Å². The van der Waals surface area contributed by atoms with E-state index in [0.717, 1.165) is 16.7 Å². The lowest BCUT2D eigenvalue weighted by molar-refractivity contribution is -0.274. The molecule has 0 N–H and O–H groups in total. The molecule has 9 heteroatoms. The molecule has 0 radical (unpaired) electrons. The molecule has 3 aromatic carbocycles. The summed E-state index contributed by atoms with van der Waals surface area (Å²) in [6.07, 6.45) is -2.75. The first-order valence-electron chi connectivity index (χ1n) is 10.9. The third kappa shape index (κ3) is 6.47. The van der Waals surface area contributed by atoms with Gasteiger partial charge in [0.1, 0.15) is 18.2 Å². The maximum atomic E-state index is 12.4. The Hall–Kier alpha value is -4.14. The van der Waals surface area contributed by atoms with Crippen molar-refractivity contribution in [1.29, 1.82) is 0 Å². The molecule has 0 aliphatic heterocycles. The van der Waals surface area contributed by atoms with Crippen LogP contribution >= 0.6 is 0 Å². The molecule has 0 amide bonds. The SMILES string of the molecule is CCC(OC(=O)Cc1ccc(-c2ncn(-c3ccc(OC(F)(F)F)cc3)n2)cc1)c1ccccc1. The van der Waals surface area contributed by atoms with Crippen molar-refractivity contribution < 1.29 is 27.4 Å². The maximum absolute atomic E-state index is 12.4. The van der Waals surface area contributed by atoms with Gasteiger partial charge in [0.2, 0.25) is 0 Å². The third-order valence-corrected chi connectivity index (χ3v) is 5.20. The van der Waals surface area contributed by atoms with E-state index >= 15 is 0 Å². The second-order valence-electron chi connectivity index (χ2n) is 7.73. The van der Waals surface area contributed by atoms with E-state index in [1.165, 1.54) is 35.3 Å². The minimum Gasteiger partial charge on any atom is -0.457 e. The van der Waals surface area contributed by atoms with Gasteiger partial charge in [-0.05, 0) is 41.8 Å². The molecule has 180 valence electrons. The summed E-state index contributed by atoms with van der Waals surface area (Å²) in [5, 5.41) is 4.38. The number of nitrogens with zero attached hydrogens (tertiary/aromatic N) is 3. The largest absolute Gasteiger partial charge is 0.573 e. The molecule has 4 rings (SSSR count). The summed E-state index contributed by atoms with van der Waals surface area (Å²) in [6.45, 7) is 1.97. The molecule has 0 fully saturated rings. The van der Waals surface area contributed by atoms with Crippen LogP contribution in [0, 0.1) is 0 Å². The highest BCUT2D eigenvalue weighted by atomic mass is 19.4. The van der Waals surface area contributed by atoms with Crippen molar-refractivity contribution in [3.8, 4) is 22.8 Å². The average molecular weight is 481 g/mol. The summed E-state index contributed by atoms with van der Waals surface area (Å²) in [4.78, 5) is 16.7. The van der Waals surface area contributed by atoms with Gasteiger partial charge in [-0.15, -0.1) is 18.3 Å². The molecular formula is C26H22F3N3O3. The van der Waals surface area contributed by atoms with E-state index in [9.17, 15) is 18.0 Å². The lowest BCUT2D eigenvalue weighted by Crippen LogP contribution is -2.17. The first kappa shape index (κ1) is 24.0. The molecule has 0 saturated heterocycles. The number of alkyl halides is 3. The maximum Gasteiger partial charge on any atom is 0.573 e. The molecule has 1 aromatic heterocycles. The van der Waals surface area contributed by atoms with Crippen molar-refractivity contribution in [1.82, 2.24) is 14.8 Å². The summed E-state index contributed by atoms with van der Waals surface area (Å²) in [7, 11) is 0. The first-order valence-corrected chi connectivity index (χ1v) is 10.9. The van der Waals surface area contributed by atoms with Crippen LogP contribution in [0.15, 0.2) is 85.2 Å². The smallest absolute Gasteiger partial charge is 0.457 e. The van der Waals surface area contributed by atoms with Crippen LogP contribution in [0.3, 0.4) is 0 Å². The van der Waals surface area contributed by atoms with Crippen LogP contribution in [0.2, 0.25) is 0 Å². The second kappa shape index (κ2) is 10.4. The van der Waals surface area contributed by atoms with E-state index in [1.807, 2.05) is 49.4 Å². The zero-order chi connectivity index (χ0) is 24.8. The Morgan fingerprint density at radius 3 is 2.29 bits per heavy atom. The van der Waals surface area contributed by atoms with Crippen molar-refractivity contribution in [2.24, 2.45) is 0 Å². The van der Waals surface area contributed by atoms with Gasteiger partial charge in [0.25, 0.3) is 0 Å². The Labute approximate surface area is 200 Å². The number of carbonyl (C=O) groups is 1. The Kier molecular flexibility index (Phi) is 7.14. The van der Waals surface area contributed by atoms with E-state index in [-0.39, 0.29) is 24.2 Å². The lowest BCUT2D eigenvalue weighted by Gasteiger charge is -2.16. The molecule has 4 aromatic rings. The quantitative estimate of drug-likeness (QED) is 0.286. The van der Waals surface area contributed by atoms with Gasteiger partial charge < -0.3 is 9.47 Å². The Morgan fingerprint density at radius 1 is 0.971 bits per heavy atom. The number of aromatic nitrogens is 3. The Bertz CT molecular complexity index is 1260. The summed E-state index contributed by atoms with van der Waals surface area (Å²) in [5.41, 5.74) is 3.01. The molecule has 6 nitrogen and oxygen atoms in total. The van der Waals surface area contributed by atoms with Gasteiger partial charge in [-0.25, -0.2) is 9.67 Å². The number of halogens is 3. The van der Waals surface area contributed by atoms with Crippen LogP contribution in [0.4, 0.5) is 13.2 Å². The lowest BCUT2D eigenvalue weighted by atomic mass is 10.1. The molecule has 0 saturated carbocycles. The predicted molar refractivity (Wildman–Crippen MR) is 123 cm³/mol. The minimum atomic E-state index is -4.75. The summed E-state index contributed by atoms with van der Waals surface area (Å²) in [5.74, 6) is -0.191. The highest BCUT2D eigenvalue weighted by molar-refractivity contribution is 5.73. The minimum absolute atomic E-state index is 0.137. The second-order valence-corrected chi connectivity index (χ2v) is 7.73. The fraction of sp³-hybridized carbons (Fsp3) is 0.192. The van der Waals surface area contributed by atoms with Gasteiger partial charge in [0.05, 0.1) is 12.1 Å². The molecule has 0 spiro atoms. The number of benzene rings is 3. The standard InChI is InChI=1S/C26H22F3N3O3/c1-2-23(19-6-4-3-5-7-19)34-24(33)16-18-8-10-20(11-9-18)25-30-17-32(31-25)21-12-14-22(15-13-21)35-26(27,28)29/h3-15,17,23H,2,16H2,1H3. The first-order chi connectivity index (χ1) is 16.8. The highest BCUT2D eigenvalue weighted by Gasteiger charge is 2.31. The Balaban J connectivity index is 1.38. The van der Waals surface area contributed by atoms with Crippen LogP contribution in [-0.4, -0.2) is 27.1 Å². The van der Waals surface area contributed by atoms with Gasteiger partial charge in [0, 0.05) is 5.56 Å². The van der Waals surface area contributed by atoms with Gasteiger partial charge in [0.15, 0.2) is 5.82 Å². The van der Waals surface area contributed by atoms with Gasteiger partial charge in [-0.3, -0.25) is 4.79 Å². The van der Waals surface area contributed by atoms with E-state index < -0.39 is 6.36 Å². The number of esters is 1. The van der Waals surface area contributed by atoms with Crippen LogP contribution in [0.5, 0.6) is 5.75 Å². The van der Waals surface area contributed by atoms with Crippen molar-refractivity contribution in [3.05, 3.63) is 96.3 Å². The zero-order valence-electron chi connectivity index (χ0n) is 18.8. The van der Waals surface area contributed by atoms with Gasteiger partial charge in [-0.1, -0.05) is 61.5 Å². The van der Waals surface area contributed by atoms with E-state index in [2.05, 4.69) is 14.8 Å². The predicted octanol–water partition coefficient (Wildman–Crippen LogP) is 6.07. The van der Waals surface area contributed by atoms with Crippen LogP contribution in [0.1, 0.15) is 30.6 Å². The molecule has 0 bridgehead atoms. The van der Waals surface area contributed by atoms with Crippen LogP contribution < -0.4 is 4.74 Å². The normalized spacial score (nSPS) is 12.2. The number of hydrogen-bond donors (Lipinski definition) is 0. The van der Waals surface area contributed by atoms with Crippen molar-refractivity contribution in [3.63, 3.8) is 0 Å². The number of rotatable bonds is 8. The molecule has 35 heavy (non-hydrogen) atoms. The zero-order valence-corrected chi connectivity index (χ0v) is 18.8. The van der Waals surface area contributed by atoms with Crippen molar-refractivity contribution >= 4 is 5.97 Å². The number of carbonyl (C=O) groups excluding carboxylic acids is 1. The highest BCUT2D eigenvalue weighted by Crippen LogP contribution is 2.25. The fourth-order valence-corrected chi connectivity index (χ4v) is 3.51. The summed E-state index contributed by atoms with van der Waals surface area (Å²) in [6, 6.07) is 22.2. The monoisotopic (exact) mass is 481 g/mol. The van der Waals surface area contributed by atoms with Crippen LogP contribution in [0.25, 0.3) is 17.1 Å². The van der Waals surface area contributed by atoms with E-state index in [4.69, 9.17) is 4.74 Å². The van der Waals surface area contributed by atoms with E-state index in [1.54, 1.807) is 12.1 Å². The van der Waals surface area contributed by atoms with E-state index in [0.29, 0.717) is 17.9 Å².